The number of aromatic nitrogens is 2. The molecular formula is C12H7Cl2FN2O3. The van der Waals surface area contributed by atoms with Gasteiger partial charge in [-0.25, -0.2) is 9.18 Å². The van der Waals surface area contributed by atoms with Crippen LogP contribution < -0.4 is 4.74 Å². The summed E-state index contributed by atoms with van der Waals surface area (Å²) in [7, 11) is 1.18. The highest BCUT2D eigenvalue weighted by Gasteiger charge is 2.18. The summed E-state index contributed by atoms with van der Waals surface area (Å²) in [5, 5.41) is 7.33. The summed E-state index contributed by atoms with van der Waals surface area (Å²) < 4.78 is 23.4. The van der Waals surface area contributed by atoms with Gasteiger partial charge >= 0.3 is 5.97 Å². The predicted molar refractivity (Wildman–Crippen MR) is 69.9 cm³/mol. The van der Waals surface area contributed by atoms with E-state index in [1.54, 1.807) is 0 Å². The van der Waals surface area contributed by atoms with Gasteiger partial charge in [0, 0.05) is 5.02 Å². The van der Waals surface area contributed by atoms with E-state index in [2.05, 4.69) is 14.9 Å². The number of halogens is 3. The van der Waals surface area contributed by atoms with Crippen molar-refractivity contribution in [2.24, 2.45) is 0 Å². The van der Waals surface area contributed by atoms with Crippen molar-refractivity contribution in [3.63, 3.8) is 0 Å². The van der Waals surface area contributed by atoms with Crippen molar-refractivity contribution in [2.45, 2.75) is 0 Å². The summed E-state index contributed by atoms with van der Waals surface area (Å²) in [5.41, 5.74) is -0.0677. The van der Waals surface area contributed by atoms with Gasteiger partial charge in [0.25, 0.3) is 5.88 Å². The molecule has 0 radical (unpaired) electrons. The van der Waals surface area contributed by atoms with Gasteiger partial charge in [0.2, 0.25) is 0 Å². The molecule has 0 N–H and O–H groups in total. The van der Waals surface area contributed by atoms with Crippen LogP contribution in [0.5, 0.6) is 11.6 Å². The number of esters is 1. The molecule has 104 valence electrons. The van der Waals surface area contributed by atoms with Gasteiger partial charge in [-0.2, -0.15) is 0 Å². The van der Waals surface area contributed by atoms with Crippen molar-refractivity contribution in [3.8, 4) is 11.6 Å². The molecule has 0 saturated heterocycles. The van der Waals surface area contributed by atoms with Gasteiger partial charge < -0.3 is 9.47 Å². The molecule has 2 aromatic rings. The van der Waals surface area contributed by atoms with E-state index in [0.29, 0.717) is 0 Å². The van der Waals surface area contributed by atoms with Crippen LogP contribution in [0, 0.1) is 5.82 Å². The Balaban J connectivity index is 2.40. The molecule has 1 aromatic carbocycles. The SMILES string of the molecule is COC(=O)c1cc(Cl)nnc1Oc1ccc(Cl)cc1F. The molecule has 0 bridgehead atoms. The number of ether oxygens (including phenoxy) is 2. The lowest BCUT2D eigenvalue weighted by atomic mass is 10.3. The lowest BCUT2D eigenvalue weighted by Crippen LogP contribution is -2.06. The number of hydrogen-bond donors (Lipinski definition) is 0. The van der Waals surface area contributed by atoms with Gasteiger partial charge in [-0.3, -0.25) is 0 Å². The van der Waals surface area contributed by atoms with Crippen LogP contribution in [-0.4, -0.2) is 23.3 Å². The summed E-state index contributed by atoms with van der Waals surface area (Å²) in [6.45, 7) is 0. The number of carbonyl (C=O) groups excluding carboxylic acids is 1. The zero-order valence-corrected chi connectivity index (χ0v) is 11.6. The smallest absolute Gasteiger partial charge is 0.343 e. The topological polar surface area (TPSA) is 61.3 Å². The van der Waals surface area contributed by atoms with Crippen molar-refractivity contribution < 1.29 is 18.7 Å². The molecule has 0 unspecified atom stereocenters. The first-order valence-corrected chi connectivity index (χ1v) is 6.01. The minimum absolute atomic E-state index is 0.0191. The van der Waals surface area contributed by atoms with E-state index < -0.39 is 11.8 Å². The standard InChI is InChI=1S/C12H7Cl2FN2O3/c1-19-12(18)7-5-10(14)16-17-11(7)20-9-3-2-6(13)4-8(9)15/h2-5H,1H3. The largest absolute Gasteiger partial charge is 0.465 e. The normalized spacial score (nSPS) is 10.2. The Kier molecular flexibility index (Phi) is 4.36. The number of hydrogen-bond acceptors (Lipinski definition) is 5. The fourth-order valence-corrected chi connectivity index (χ4v) is 1.66. The zero-order chi connectivity index (χ0) is 14.7. The van der Waals surface area contributed by atoms with E-state index in [-0.39, 0.29) is 27.4 Å². The highest BCUT2D eigenvalue weighted by Crippen LogP contribution is 2.28. The molecule has 0 fully saturated rings. The molecule has 0 amide bonds. The molecule has 0 spiro atoms. The third-order valence-corrected chi connectivity index (χ3v) is 2.66. The van der Waals surface area contributed by atoms with E-state index in [4.69, 9.17) is 27.9 Å². The molecule has 0 aliphatic heterocycles. The minimum atomic E-state index is -0.730. The number of rotatable bonds is 3. The zero-order valence-electron chi connectivity index (χ0n) is 10.1. The maximum atomic E-state index is 13.6. The first-order chi connectivity index (χ1) is 9.51. The predicted octanol–water partition coefficient (Wildman–Crippen LogP) is 3.50. The molecule has 0 aliphatic carbocycles. The minimum Gasteiger partial charge on any atom is -0.465 e. The van der Waals surface area contributed by atoms with Gasteiger partial charge in [-0.15, -0.1) is 10.2 Å². The Morgan fingerprint density at radius 3 is 2.65 bits per heavy atom. The van der Waals surface area contributed by atoms with Crippen LogP contribution in [0.3, 0.4) is 0 Å². The molecule has 1 heterocycles. The second-order valence-corrected chi connectivity index (χ2v) is 4.38. The van der Waals surface area contributed by atoms with Gasteiger partial charge in [-0.05, 0) is 24.3 Å². The number of nitrogens with zero attached hydrogens (tertiary/aromatic N) is 2. The van der Waals surface area contributed by atoms with Crippen LogP contribution in [-0.2, 0) is 4.74 Å². The van der Waals surface area contributed by atoms with E-state index in [0.717, 1.165) is 6.07 Å². The van der Waals surface area contributed by atoms with E-state index in [1.807, 2.05) is 0 Å². The van der Waals surface area contributed by atoms with Crippen molar-refractivity contribution in [1.82, 2.24) is 10.2 Å². The summed E-state index contributed by atoms with van der Waals surface area (Å²) in [6, 6.07) is 5.01. The summed E-state index contributed by atoms with van der Waals surface area (Å²) >= 11 is 11.3. The van der Waals surface area contributed by atoms with Crippen LogP contribution >= 0.6 is 23.2 Å². The maximum Gasteiger partial charge on any atom is 0.343 e. The van der Waals surface area contributed by atoms with Crippen LogP contribution in [0.1, 0.15) is 10.4 Å². The van der Waals surface area contributed by atoms with Gasteiger partial charge in [0.05, 0.1) is 7.11 Å². The molecule has 5 nitrogen and oxygen atoms in total. The quantitative estimate of drug-likeness (QED) is 0.811. The van der Waals surface area contributed by atoms with Crippen molar-refractivity contribution in [3.05, 3.63) is 45.8 Å². The third kappa shape index (κ3) is 3.15. The number of benzene rings is 1. The molecule has 2 rings (SSSR count). The van der Waals surface area contributed by atoms with Crippen LogP contribution in [0.4, 0.5) is 4.39 Å². The Morgan fingerprint density at radius 1 is 1.25 bits per heavy atom. The molecule has 1 aromatic heterocycles. The Bertz CT molecular complexity index is 667. The van der Waals surface area contributed by atoms with E-state index >= 15 is 0 Å². The number of carbonyl (C=O) groups is 1. The lowest BCUT2D eigenvalue weighted by Gasteiger charge is -2.09. The first kappa shape index (κ1) is 14.5. The highest BCUT2D eigenvalue weighted by atomic mass is 35.5. The fraction of sp³-hybridized carbons (Fsp3) is 0.0833. The summed E-state index contributed by atoms with van der Waals surface area (Å²) in [4.78, 5) is 11.6. The highest BCUT2D eigenvalue weighted by molar-refractivity contribution is 6.30. The van der Waals surface area contributed by atoms with Crippen LogP contribution in [0.15, 0.2) is 24.3 Å². The molecule has 0 atom stereocenters. The van der Waals surface area contributed by atoms with E-state index in [9.17, 15) is 9.18 Å². The molecule has 0 aliphatic rings. The number of methoxy groups -OCH3 is 1. The summed E-state index contributed by atoms with van der Waals surface area (Å²) in [6.07, 6.45) is 0. The van der Waals surface area contributed by atoms with Crippen molar-refractivity contribution in [2.75, 3.05) is 7.11 Å². The maximum absolute atomic E-state index is 13.6. The lowest BCUT2D eigenvalue weighted by molar-refractivity contribution is 0.0596. The monoisotopic (exact) mass is 316 g/mol. The molecule has 8 heteroatoms. The fourth-order valence-electron chi connectivity index (χ4n) is 1.35. The average molecular weight is 317 g/mol. The molecule has 0 saturated carbocycles. The molecule has 20 heavy (non-hydrogen) atoms. The second-order valence-electron chi connectivity index (χ2n) is 3.55. The third-order valence-electron chi connectivity index (χ3n) is 2.24. The van der Waals surface area contributed by atoms with E-state index in [1.165, 1.54) is 25.3 Å². The van der Waals surface area contributed by atoms with Gasteiger partial charge in [-0.1, -0.05) is 23.2 Å². The average Bonchev–Trinajstić information content (AvgIpc) is 2.42. The van der Waals surface area contributed by atoms with Crippen LogP contribution in [0.25, 0.3) is 0 Å². The summed E-state index contributed by atoms with van der Waals surface area (Å²) in [5.74, 6) is -1.81. The molecular weight excluding hydrogens is 310 g/mol. The first-order valence-electron chi connectivity index (χ1n) is 5.25. The Morgan fingerprint density at radius 2 is 2.00 bits per heavy atom. The Labute approximate surface area is 123 Å². The van der Waals surface area contributed by atoms with Crippen molar-refractivity contribution >= 4 is 29.2 Å². The van der Waals surface area contributed by atoms with Gasteiger partial charge in [0.15, 0.2) is 16.7 Å². The van der Waals surface area contributed by atoms with Crippen molar-refractivity contribution in [1.29, 1.82) is 0 Å². The Hall–Kier alpha value is -1.92. The second kappa shape index (κ2) is 6.02. The van der Waals surface area contributed by atoms with Crippen LogP contribution in [0.2, 0.25) is 10.2 Å². The van der Waals surface area contributed by atoms with Gasteiger partial charge in [0.1, 0.15) is 5.56 Å².